The Morgan fingerprint density at radius 3 is 2.95 bits per heavy atom. The highest BCUT2D eigenvalue weighted by Gasteiger charge is 2.21. The van der Waals surface area contributed by atoms with Gasteiger partial charge in [0.1, 0.15) is 5.82 Å². The molecule has 1 atom stereocenters. The number of anilines is 2. The first-order chi connectivity index (χ1) is 10.0. The van der Waals surface area contributed by atoms with Gasteiger partial charge < -0.3 is 20.1 Å². The van der Waals surface area contributed by atoms with E-state index in [1.807, 2.05) is 0 Å². The SMILES string of the molecule is CCOC(=O)c1cc(N(C)CC2CCCO2)c(F)cc1N. The summed E-state index contributed by atoms with van der Waals surface area (Å²) < 4.78 is 24.6. The maximum atomic E-state index is 14.1. The van der Waals surface area contributed by atoms with Crippen molar-refractivity contribution in [3.63, 3.8) is 0 Å². The van der Waals surface area contributed by atoms with Crippen LogP contribution in [0, 0.1) is 5.82 Å². The Balaban J connectivity index is 2.21. The number of hydrogen-bond donors (Lipinski definition) is 1. The summed E-state index contributed by atoms with van der Waals surface area (Å²) >= 11 is 0. The molecule has 1 aliphatic heterocycles. The number of nitrogens with two attached hydrogens (primary N) is 1. The van der Waals surface area contributed by atoms with Crippen LogP contribution in [-0.4, -0.2) is 38.9 Å². The van der Waals surface area contributed by atoms with E-state index in [9.17, 15) is 9.18 Å². The molecule has 0 radical (unpaired) electrons. The van der Waals surface area contributed by atoms with Crippen LogP contribution in [-0.2, 0) is 9.47 Å². The number of rotatable bonds is 5. The number of halogens is 1. The summed E-state index contributed by atoms with van der Waals surface area (Å²) in [6.07, 6.45) is 2.08. The lowest BCUT2D eigenvalue weighted by molar-refractivity contribution is 0.0527. The molecule has 6 heteroatoms. The van der Waals surface area contributed by atoms with E-state index in [0.717, 1.165) is 25.5 Å². The molecule has 1 aromatic rings. The van der Waals surface area contributed by atoms with Gasteiger partial charge in [-0.1, -0.05) is 0 Å². The van der Waals surface area contributed by atoms with Gasteiger partial charge >= 0.3 is 5.97 Å². The normalized spacial score (nSPS) is 17.8. The Labute approximate surface area is 123 Å². The maximum Gasteiger partial charge on any atom is 0.340 e. The summed E-state index contributed by atoms with van der Waals surface area (Å²) in [5.74, 6) is -0.997. The quantitative estimate of drug-likeness (QED) is 0.666. The van der Waals surface area contributed by atoms with Crippen LogP contribution in [0.15, 0.2) is 12.1 Å². The van der Waals surface area contributed by atoms with Crippen LogP contribution < -0.4 is 10.6 Å². The standard InChI is InChI=1S/C15H21FN2O3/c1-3-20-15(19)11-7-14(12(16)8-13(11)17)18(2)9-10-5-4-6-21-10/h7-8,10H,3-6,9,17H2,1-2H3. The zero-order valence-corrected chi connectivity index (χ0v) is 12.4. The zero-order chi connectivity index (χ0) is 15.4. The Morgan fingerprint density at radius 1 is 1.57 bits per heavy atom. The molecule has 0 amide bonds. The average Bonchev–Trinajstić information content (AvgIpc) is 2.91. The van der Waals surface area contributed by atoms with Crippen molar-refractivity contribution in [2.75, 3.05) is 37.4 Å². The minimum Gasteiger partial charge on any atom is -0.462 e. The fourth-order valence-corrected chi connectivity index (χ4v) is 2.45. The molecule has 1 aliphatic rings. The molecule has 0 bridgehead atoms. The van der Waals surface area contributed by atoms with Gasteiger partial charge in [0.2, 0.25) is 0 Å². The largest absolute Gasteiger partial charge is 0.462 e. The monoisotopic (exact) mass is 296 g/mol. The minimum absolute atomic E-state index is 0.0835. The Kier molecular flexibility index (Phi) is 5.01. The molecule has 2 rings (SSSR count). The van der Waals surface area contributed by atoms with E-state index in [4.69, 9.17) is 15.2 Å². The van der Waals surface area contributed by atoms with Crippen molar-refractivity contribution in [1.82, 2.24) is 0 Å². The molecule has 1 aromatic carbocycles. The first-order valence-electron chi connectivity index (χ1n) is 7.11. The summed E-state index contributed by atoms with van der Waals surface area (Å²) in [5.41, 5.74) is 6.29. The van der Waals surface area contributed by atoms with Gasteiger partial charge in [0.05, 0.1) is 24.0 Å². The van der Waals surface area contributed by atoms with Gasteiger partial charge in [0, 0.05) is 25.9 Å². The summed E-state index contributed by atoms with van der Waals surface area (Å²) in [5, 5.41) is 0. The van der Waals surface area contributed by atoms with E-state index in [2.05, 4.69) is 0 Å². The molecule has 21 heavy (non-hydrogen) atoms. The molecule has 2 N–H and O–H groups in total. The number of carbonyl (C=O) groups excluding carboxylic acids is 1. The molecule has 5 nitrogen and oxygen atoms in total. The second-order valence-corrected chi connectivity index (χ2v) is 5.13. The first kappa shape index (κ1) is 15.6. The highest BCUT2D eigenvalue weighted by molar-refractivity contribution is 5.96. The third-order valence-corrected chi connectivity index (χ3v) is 3.53. The van der Waals surface area contributed by atoms with Crippen LogP contribution in [0.2, 0.25) is 0 Å². The molecule has 1 heterocycles. The number of likely N-dealkylation sites (N-methyl/N-ethyl adjacent to an activating group) is 1. The molecular formula is C15H21FN2O3. The predicted molar refractivity (Wildman–Crippen MR) is 79.0 cm³/mol. The van der Waals surface area contributed by atoms with Crippen LogP contribution in [0.3, 0.4) is 0 Å². The van der Waals surface area contributed by atoms with Crippen molar-refractivity contribution in [2.24, 2.45) is 0 Å². The number of carbonyl (C=O) groups is 1. The molecule has 0 saturated carbocycles. The summed E-state index contributed by atoms with van der Waals surface area (Å²) in [6, 6.07) is 2.60. The summed E-state index contributed by atoms with van der Waals surface area (Å²) in [7, 11) is 1.77. The second-order valence-electron chi connectivity index (χ2n) is 5.13. The Hall–Kier alpha value is -1.82. The van der Waals surface area contributed by atoms with Gasteiger partial charge in [0.25, 0.3) is 0 Å². The Bertz CT molecular complexity index is 516. The van der Waals surface area contributed by atoms with Gasteiger partial charge in [0.15, 0.2) is 0 Å². The van der Waals surface area contributed by atoms with Crippen molar-refractivity contribution < 1.29 is 18.7 Å². The van der Waals surface area contributed by atoms with Crippen molar-refractivity contribution in [1.29, 1.82) is 0 Å². The second kappa shape index (κ2) is 6.76. The van der Waals surface area contributed by atoms with E-state index in [1.165, 1.54) is 6.07 Å². The van der Waals surface area contributed by atoms with Crippen molar-refractivity contribution in [2.45, 2.75) is 25.9 Å². The van der Waals surface area contributed by atoms with Gasteiger partial charge in [-0.05, 0) is 31.9 Å². The van der Waals surface area contributed by atoms with Crippen LogP contribution in [0.25, 0.3) is 0 Å². The van der Waals surface area contributed by atoms with E-state index >= 15 is 0 Å². The highest BCUT2D eigenvalue weighted by atomic mass is 19.1. The molecule has 1 unspecified atom stereocenters. The lowest BCUT2D eigenvalue weighted by Gasteiger charge is -2.24. The van der Waals surface area contributed by atoms with Crippen molar-refractivity contribution >= 4 is 17.3 Å². The van der Waals surface area contributed by atoms with Crippen LogP contribution in [0.4, 0.5) is 15.8 Å². The van der Waals surface area contributed by atoms with E-state index in [0.29, 0.717) is 12.2 Å². The number of esters is 1. The molecule has 0 spiro atoms. The molecule has 116 valence electrons. The van der Waals surface area contributed by atoms with Crippen LogP contribution >= 0.6 is 0 Å². The summed E-state index contributed by atoms with van der Waals surface area (Å²) in [4.78, 5) is 13.6. The zero-order valence-electron chi connectivity index (χ0n) is 12.4. The Morgan fingerprint density at radius 2 is 2.33 bits per heavy atom. The highest BCUT2D eigenvalue weighted by Crippen LogP contribution is 2.26. The van der Waals surface area contributed by atoms with Gasteiger partial charge in [-0.15, -0.1) is 0 Å². The minimum atomic E-state index is -0.540. The first-order valence-corrected chi connectivity index (χ1v) is 7.11. The average molecular weight is 296 g/mol. The van der Waals surface area contributed by atoms with Crippen molar-refractivity contribution in [3.05, 3.63) is 23.5 Å². The maximum absolute atomic E-state index is 14.1. The molecule has 1 fully saturated rings. The van der Waals surface area contributed by atoms with Gasteiger partial charge in [-0.25, -0.2) is 9.18 Å². The molecule has 0 aliphatic carbocycles. The van der Waals surface area contributed by atoms with Crippen LogP contribution in [0.5, 0.6) is 0 Å². The lowest BCUT2D eigenvalue weighted by Crippen LogP contribution is -2.29. The number of hydrogen-bond acceptors (Lipinski definition) is 5. The summed E-state index contributed by atoms with van der Waals surface area (Å²) in [6.45, 7) is 3.28. The smallest absolute Gasteiger partial charge is 0.340 e. The third kappa shape index (κ3) is 3.64. The number of ether oxygens (including phenoxy) is 2. The van der Waals surface area contributed by atoms with Gasteiger partial charge in [-0.2, -0.15) is 0 Å². The van der Waals surface area contributed by atoms with Crippen molar-refractivity contribution in [3.8, 4) is 0 Å². The van der Waals surface area contributed by atoms with E-state index in [1.54, 1.807) is 18.9 Å². The van der Waals surface area contributed by atoms with E-state index < -0.39 is 11.8 Å². The predicted octanol–water partition coefficient (Wildman–Crippen LogP) is 2.20. The number of nitrogen functional groups attached to an aromatic ring is 1. The number of nitrogens with zero attached hydrogens (tertiary/aromatic N) is 1. The lowest BCUT2D eigenvalue weighted by atomic mass is 10.1. The topological polar surface area (TPSA) is 64.8 Å². The molecule has 1 saturated heterocycles. The van der Waals surface area contributed by atoms with Gasteiger partial charge in [-0.3, -0.25) is 0 Å². The third-order valence-electron chi connectivity index (χ3n) is 3.53. The van der Waals surface area contributed by atoms with E-state index in [-0.39, 0.29) is 24.0 Å². The fourth-order valence-electron chi connectivity index (χ4n) is 2.45. The molecular weight excluding hydrogens is 275 g/mol. The van der Waals surface area contributed by atoms with Crippen LogP contribution in [0.1, 0.15) is 30.1 Å². The molecule has 0 aromatic heterocycles. The fraction of sp³-hybridized carbons (Fsp3) is 0.533. The number of benzene rings is 1.